The van der Waals surface area contributed by atoms with E-state index in [0.29, 0.717) is 11.5 Å². The molecule has 1 aliphatic carbocycles. The molecule has 0 unspecified atom stereocenters. The summed E-state index contributed by atoms with van der Waals surface area (Å²) in [6.07, 6.45) is 5.96. The summed E-state index contributed by atoms with van der Waals surface area (Å²) >= 11 is 0. The lowest BCUT2D eigenvalue weighted by molar-refractivity contribution is 0.271. The van der Waals surface area contributed by atoms with Crippen LogP contribution in [0.3, 0.4) is 0 Å². The number of nitrogens with one attached hydrogen (secondary N) is 1. The number of hydrogen-bond acceptors (Lipinski definition) is 3. The van der Waals surface area contributed by atoms with Crippen molar-refractivity contribution in [3.05, 3.63) is 59.7 Å². The van der Waals surface area contributed by atoms with E-state index in [1.165, 1.54) is 19.3 Å². The van der Waals surface area contributed by atoms with Crippen LogP contribution in [0.4, 0.5) is 0 Å². The minimum atomic E-state index is 0.0283. The summed E-state index contributed by atoms with van der Waals surface area (Å²) in [7, 11) is 0. The van der Waals surface area contributed by atoms with E-state index in [9.17, 15) is 10.2 Å². The molecular formula is C20H25NO2. The Kier molecular flexibility index (Phi) is 4.87. The van der Waals surface area contributed by atoms with Crippen LogP contribution in [0.5, 0.6) is 11.5 Å². The zero-order valence-electron chi connectivity index (χ0n) is 13.5. The molecule has 0 aliphatic heterocycles. The van der Waals surface area contributed by atoms with Gasteiger partial charge in [0.1, 0.15) is 11.5 Å². The van der Waals surface area contributed by atoms with E-state index in [1.54, 1.807) is 18.2 Å². The van der Waals surface area contributed by atoms with Crippen LogP contribution in [0.1, 0.15) is 43.2 Å². The number of rotatable bonds is 5. The van der Waals surface area contributed by atoms with Crippen molar-refractivity contribution in [1.29, 1.82) is 0 Å². The highest BCUT2D eigenvalue weighted by Crippen LogP contribution is 2.42. The summed E-state index contributed by atoms with van der Waals surface area (Å²) in [6.45, 7) is 1.64. The highest BCUT2D eigenvalue weighted by molar-refractivity contribution is 5.39. The molecule has 3 N–H and O–H groups in total. The van der Waals surface area contributed by atoms with Crippen molar-refractivity contribution in [3.8, 4) is 11.5 Å². The number of hydrogen-bond donors (Lipinski definition) is 3. The standard InChI is InChI=1S/C20H25NO2/c22-17-10-8-16(9-11-17)14-21-15-20(12-4-1-5-13-20)18-6-2-3-7-19(18)23/h2-3,6-11,21-23H,1,4-5,12-15H2. The van der Waals surface area contributed by atoms with Gasteiger partial charge in [0, 0.05) is 24.1 Å². The number of para-hydroxylation sites is 1. The summed E-state index contributed by atoms with van der Waals surface area (Å²) in [6, 6.07) is 15.1. The van der Waals surface area contributed by atoms with Gasteiger partial charge in [0.05, 0.1) is 0 Å². The van der Waals surface area contributed by atoms with E-state index >= 15 is 0 Å². The Morgan fingerprint density at radius 1 is 0.870 bits per heavy atom. The molecule has 0 bridgehead atoms. The highest BCUT2D eigenvalue weighted by atomic mass is 16.3. The van der Waals surface area contributed by atoms with E-state index in [0.717, 1.165) is 37.1 Å². The van der Waals surface area contributed by atoms with Crippen LogP contribution < -0.4 is 5.32 Å². The second-order valence-electron chi connectivity index (χ2n) is 6.63. The Morgan fingerprint density at radius 2 is 1.57 bits per heavy atom. The van der Waals surface area contributed by atoms with Crippen molar-refractivity contribution in [2.24, 2.45) is 0 Å². The van der Waals surface area contributed by atoms with Crippen molar-refractivity contribution < 1.29 is 10.2 Å². The molecule has 2 aromatic rings. The molecule has 1 fully saturated rings. The third-order valence-corrected chi connectivity index (χ3v) is 5.01. The molecule has 23 heavy (non-hydrogen) atoms. The lowest BCUT2D eigenvalue weighted by Gasteiger charge is -2.38. The Labute approximate surface area is 138 Å². The minimum Gasteiger partial charge on any atom is -0.508 e. The zero-order valence-corrected chi connectivity index (χ0v) is 13.5. The van der Waals surface area contributed by atoms with Gasteiger partial charge < -0.3 is 15.5 Å². The third kappa shape index (κ3) is 3.67. The predicted molar refractivity (Wildman–Crippen MR) is 92.7 cm³/mol. The maximum atomic E-state index is 10.3. The molecule has 1 saturated carbocycles. The van der Waals surface area contributed by atoms with Crippen molar-refractivity contribution >= 4 is 0 Å². The first-order chi connectivity index (χ1) is 11.2. The first-order valence-electron chi connectivity index (χ1n) is 8.47. The number of phenolic OH excluding ortho intramolecular Hbond substituents is 2. The van der Waals surface area contributed by atoms with Gasteiger partial charge in [0.2, 0.25) is 0 Å². The summed E-state index contributed by atoms with van der Waals surface area (Å²) in [5.41, 5.74) is 2.27. The van der Waals surface area contributed by atoms with E-state index in [-0.39, 0.29) is 5.41 Å². The number of benzene rings is 2. The van der Waals surface area contributed by atoms with Gasteiger partial charge in [-0.3, -0.25) is 0 Å². The van der Waals surface area contributed by atoms with Gasteiger partial charge in [-0.2, -0.15) is 0 Å². The smallest absolute Gasteiger partial charge is 0.119 e. The third-order valence-electron chi connectivity index (χ3n) is 5.01. The Morgan fingerprint density at radius 3 is 2.26 bits per heavy atom. The maximum Gasteiger partial charge on any atom is 0.119 e. The van der Waals surface area contributed by atoms with Gasteiger partial charge in [-0.25, -0.2) is 0 Å². The fourth-order valence-corrected chi connectivity index (χ4v) is 3.75. The molecular weight excluding hydrogens is 286 g/mol. The average Bonchev–Trinajstić information content (AvgIpc) is 2.58. The molecule has 0 amide bonds. The van der Waals surface area contributed by atoms with Gasteiger partial charge in [-0.15, -0.1) is 0 Å². The number of aromatic hydroxyl groups is 2. The van der Waals surface area contributed by atoms with Crippen LogP contribution in [0.25, 0.3) is 0 Å². The topological polar surface area (TPSA) is 52.5 Å². The number of phenols is 2. The largest absolute Gasteiger partial charge is 0.508 e. The second-order valence-corrected chi connectivity index (χ2v) is 6.63. The molecule has 2 aromatic carbocycles. The van der Waals surface area contributed by atoms with Gasteiger partial charge in [0.15, 0.2) is 0 Å². The lowest BCUT2D eigenvalue weighted by Crippen LogP contribution is -2.39. The maximum absolute atomic E-state index is 10.3. The average molecular weight is 311 g/mol. The molecule has 0 atom stereocenters. The molecule has 0 saturated heterocycles. The van der Waals surface area contributed by atoms with Crippen LogP contribution >= 0.6 is 0 Å². The van der Waals surface area contributed by atoms with Crippen molar-refractivity contribution in [2.45, 2.75) is 44.1 Å². The fourth-order valence-electron chi connectivity index (χ4n) is 3.75. The summed E-state index contributed by atoms with van der Waals surface area (Å²) in [4.78, 5) is 0. The van der Waals surface area contributed by atoms with Crippen LogP contribution in [0.2, 0.25) is 0 Å². The van der Waals surface area contributed by atoms with Crippen molar-refractivity contribution in [2.75, 3.05) is 6.54 Å². The van der Waals surface area contributed by atoms with E-state index < -0.39 is 0 Å². The lowest BCUT2D eigenvalue weighted by atomic mass is 9.69. The van der Waals surface area contributed by atoms with Crippen molar-refractivity contribution in [3.63, 3.8) is 0 Å². The fraction of sp³-hybridized carbons (Fsp3) is 0.400. The molecule has 0 spiro atoms. The summed E-state index contributed by atoms with van der Waals surface area (Å²) in [5, 5.41) is 23.2. The zero-order chi connectivity index (χ0) is 16.1. The van der Waals surface area contributed by atoms with E-state index in [4.69, 9.17) is 0 Å². The van der Waals surface area contributed by atoms with Crippen LogP contribution in [0.15, 0.2) is 48.5 Å². The molecule has 3 nitrogen and oxygen atoms in total. The molecule has 0 aromatic heterocycles. The highest BCUT2D eigenvalue weighted by Gasteiger charge is 2.35. The van der Waals surface area contributed by atoms with Crippen LogP contribution in [0, 0.1) is 0 Å². The van der Waals surface area contributed by atoms with Crippen LogP contribution in [-0.4, -0.2) is 16.8 Å². The minimum absolute atomic E-state index is 0.0283. The SMILES string of the molecule is Oc1ccc(CNCC2(c3ccccc3O)CCCCC2)cc1. The van der Waals surface area contributed by atoms with Crippen LogP contribution in [-0.2, 0) is 12.0 Å². The molecule has 3 rings (SSSR count). The molecule has 122 valence electrons. The van der Waals surface area contributed by atoms with Gasteiger partial charge >= 0.3 is 0 Å². The molecule has 0 heterocycles. The first-order valence-corrected chi connectivity index (χ1v) is 8.47. The van der Waals surface area contributed by atoms with Gasteiger partial charge in [-0.05, 0) is 36.6 Å². The Hall–Kier alpha value is -2.00. The molecule has 3 heteroatoms. The molecule has 0 radical (unpaired) electrons. The monoisotopic (exact) mass is 311 g/mol. The first kappa shape index (κ1) is 15.9. The molecule has 1 aliphatic rings. The van der Waals surface area contributed by atoms with Crippen molar-refractivity contribution in [1.82, 2.24) is 5.32 Å². The van der Waals surface area contributed by atoms with E-state index in [1.807, 2.05) is 24.3 Å². The normalized spacial score (nSPS) is 17.0. The predicted octanol–water partition coefficient (Wildman–Crippen LogP) is 4.09. The van der Waals surface area contributed by atoms with Gasteiger partial charge in [-0.1, -0.05) is 49.6 Å². The Bertz CT molecular complexity index is 630. The summed E-state index contributed by atoms with van der Waals surface area (Å²) in [5.74, 6) is 0.715. The summed E-state index contributed by atoms with van der Waals surface area (Å²) < 4.78 is 0. The van der Waals surface area contributed by atoms with Gasteiger partial charge in [0.25, 0.3) is 0 Å². The quantitative estimate of drug-likeness (QED) is 0.779. The Balaban J connectivity index is 1.72. The van der Waals surface area contributed by atoms with E-state index in [2.05, 4.69) is 11.4 Å². The second kappa shape index (κ2) is 7.05.